The average Bonchev–Trinajstić information content (AvgIpc) is 3.17. The zero-order chi connectivity index (χ0) is 27.9. The summed E-state index contributed by atoms with van der Waals surface area (Å²) < 4.78 is 32.1. The fourth-order valence-corrected chi connectivity index (χ4v) is 5.78. The molecule has 0 spiro atoms. The third kappa shape index (κ3) is 8.53. The number of Topliss-reactive ketones (excluding diaryl/α,β-unsaturated/α-hetero) is 1. The van der Waals surface area contributed by atoms with Crippen molar-refractivity contribution < 1.29 is 42.7 Å². The fourth-order valence-electron chi connectivity index (χ4n) is 3.56. The molecule has 1 aliphatic heterocycles. The number of ether oxygens (including phenoxy) is 1. The number of hydrogen-bond acceptors (Lipinski definition) is 9. The van der Waals surface area contributed by atoms with Crippen LogP contribution in [0.3, 0.4) is 0 Å². The van der Waals surface area contributed by atoms with E-state index in [2.05, 4.69) is 5.09 Å². The minimum Gasteiger partial charge on any atom is -0.387 e. The lowest BCUT2D eigenvalue weighted by atomic mass is 10.00. The molecule has 1 aromatic carbocycles. The first-order valence-corrected chi connectivity index (χ1v) is 14.8. The van der Waals surface area contributed by atoms with Crippen LogP contribution in [0.4, 0.5) is 0 Å². The van der Waals surface area contributed by atoms with Gasteiger partial charge in [0.1, 0.15) is 12.2 Å². The Kier molecular flexibility index (Phi) is 10.8. The van der Waals surface area contributed by atoms with Crippen LogP contribution < -0.4 is 9.65 Å². The van der Waals surface area contributed by atoms with Gasteiger partial charge in [0.15, 0.2) is 29.4 Å². The standard InChI is InChI=1S/C26H36N2O8PS/c1-18(29)20-11-8-12-28(16-20)24-23(31)22(30)21(36-24)17-35-37(33,27-15-19-9-6-5-7-10-19)34-13-14-38-25(32)26(2,3)4/h5-12,16,21-24,30-31H,13-15,17H2,1-4H3,(H,27,33)/q+1. The zero-order valence-corrected chi connectivity index (χ0v) is 23.7. The van der Waals surface area contributed by atoms with Crippen molar-refractivity contribution in [1.29, 1.82) is 0 Å². The Labute approximate surface area is 227 Å². The highest BCUT2D eigenvalue weighted by Crippen LogP contribution is 2.45. The Balaban J connectivity index is 1.65. The Morgan fingerprint density at radius 1 is 1.11 bits per heavy atom. The van der Waals surface area contributed by atoms with E-state index in [-0.39, 0.29) is 36.4 Å². The van der Waals surface area contributed by atoms with Gasteiger partial charge < -0.3 is 14.9 Å². The number of ketones is 1. The van der Waals surface area contributed by atoms with Gasteiger partial charge in [-0.05, 0) is 18.6 Å². The van der Waals surface area contributed by atoms with Gasteiger partial charge in [-0.1, -0.05) is 62.9 Å². The number of thioether (sulfide) groups is 1. The SMILES string of the molecule is CC(=O)c1ccc[n+](C2OC(COP(=O)(NCc3ccccc3)OCCSC(=O)C(C)(C)C)C(O)C2O)c1. The highest BCUT2D eigenvalue weighted by Gasteiger charge is 2.49. The lowest BCUT2D eigenvalue weighted by molar-refractivity contribution is -0.765. The second kappa shape index (κ2) is 13.4. The molecule has 0 amide bonds. The molecule has 12 heteroatoms. The maximum absolute atomic E-state index is 13.6. The number of aliphatic hydroxyl groups excluding tert-OH is 2. The molecule has 38 heavy (non-hydrogen) atoms. The third-order valence-electron chi connectivity index (χ3n) is 5.78. The number of carbonyl (C=O) groups excluding carboxylic acids is 2. The topological polar surface area (TPSA) is 135 Å². The van der Waals surface area contributed by atoms with Crippen LogP contribution in [-0.4, -0.2) is 58.4 Å². The van der Waals surface area contributed by atoms with Gasteiger partial charge in [0.2, 0.25) is 0 Å². The zero-order valence-electron chi connectivity index (χ0n) is 22.0. The van der Waals surface area contributed by atoms with Crippen LogP contribution in [0, 0.1) is 5.41 Å². The Bertz CT molecular complexity index is 1140. The average molecular weight is 568 g/mol. The van der Waals surface area contributed by atoms with E-state index in [0.29, 0.717) is 5.56 Å². The van der Waals surface area contributed by atoms with Gasteiger partial charge in [-0.25, -0.2) is 9.65 Å². The first-order valence-electron chi connectivity index (χ1n) is 12.3. The number of benzene rings is 1. The molecule has 2 aromatic rings. The van der Waals surface area contributed by atoms with Crippen molar-refractivity contribution in [2.75, 3.05) is 19.0 Å². The Hall–Kier alpha value is -1.95. The summed E-state index contributed by atoms with van der Waals surface area (Å²) in [5.74, 6) is 0.125. The number of aromatic nitrogens is 1. The minimum absolute atomic E-state index is 0.0112. The molecule has 1 aliphatic rings. The predicted octanol–water partition coefficient (Wildman–Crippen LogP) is 3.03. The molecule has 0 aliphatic carbocycles. The third-order valence-corrected chi connectivity index (χ3v) is 8.58. The number of nitrogens with zero attached hydrogens (tertiary/aromatic N) is 1. The van der Waals surface area contributed by atoms with E-state index in [9.17, 15) is 24.4 Å². The quantitative estimate of drug-likeness (QED) is 0.152. The second-order valence-electron chi connectivity index (χ2n) is 9.98. The van der Waals surface area contributed by atoms with Gasteiger partial charge in [0, 0.05) is 23.8 Å². The first kappa shape index (κ1) is 30.6. The number of pyridine rings is 1. The highest BCUT2D eigenvalue weighted by molar-refractivity contribution is 8.13. The molecule has 10 nitrogen and oxygen atoms in total. The molecule has 1 saturated heterocycles. The smallest absolute Gasteiger partial charge is 0.387 e. The lowest BCUT2D eigenvalue weighted by Crippen LogP contribution is -2.46. The molecule has 1 fully saturated rings. The van der Waals surface area contributed by atoms with Gasteiger partial charge in [0.05, 0.1) is 18.8 Å². The van der Waals surface area contributed by atoms with Crippen LogP contribution >= 0.6 is 19.5 Å². The van der Waals surface area contributed by atoms with E-state index >= 15 is 0 Å². The molecule has 2 heterocycles. The normalized spacial score (nSPS) is 23.2. The van der Waals surface area contributed by atoms with Gasteiger partial charge in [-0.2, -0.15) is 4.57 Å². The van der Waals surface area contributed by atoms with E-state index in [4.69, 9.17) is 13.8 Å². The van der Waals surface area contributed by atoms with Crippen molar-refractivity contribution in [2.45, 2.75) is 58.8 Å². The van der Waals surface area contributed by atoms with Crippen molar-refractivity contribution in [3.63, 3.8) is 0 Å². The number of rotatable bonds is 12. The monoisotopic (exact) mass is 567 g/mol. The molecular formula is C26H36N2O8PS+. The molecule has 0 radical (unpaired) electrons. The molecule has 3 N–H and O–H groups in total. The number of aliphatic hydroxyl groups is 2. The molecular weight excluding hydrogens is 531 g/mol. The Morgan fingerprint density at radius 2 is 1.82 bits per heavy atom. The summed E-state index contributed by atoms with van der Waals surface area (Å²) >= 11 is 1.09. The van der Waals surface area contributed by atoms with Crippen molar-refractivity contribution in [3.05, 3.63) is 66.0 Å². The molecule has 3 rings (SSSR count). The maximum Gasteiger partial charge on any atom is 0.405 e. The van der Waals surface area contributed by atoms with Crippen LogP contribution in [0.25, 0.3) is 0 Å². The van der Waals surface area contributed by atoms with E-state index < -0.39 is 37.7 Å². The van der Waals surface area contributed by atoms with Crippen LogP contribution in [-0.2, 0) is 29.7 Å². The van der Waals surface area contributed by atoms with Crippen molar-refractivity contribution >= 4 is 30.4 Å². The lowest BCUT2D eigenvalue weighted by Gasteiger charge is -2.22. The summed E-state index contributed by atoms with van der Waals surface area (Å²) in [4.78, 5) is 23.9. The number of carbonyl (C=O) groups is 2. The van der Waals surface area contributed by atoms with Crippen LogP contribution in [0.2, 0.25) is 0 Å². The summed E-state index contributed by atoms with van der Waals surface area (Å²) in [6.45, 7) is 6.73. The molecule has 5 unspecified atom stereocenters. The van der Waals surface area contributed by atoms with Crippen LogP contribution in [0.1, 0.15) is 49.8 Å². The minimum atomic E-state index is -3.90. The van der Waals surface area contributed by atoms with E-state index in [0.717, 1.165) is 17.3 Å². The largest absolute Gasteiger partial charge is 0.405 e. The predicted molar refractivity (Wildman–Crippen MR) is 142 cm³/mol. The number of hydrogen-bond donors (Lipinski definition) is 3. The van der Waals surface area contributed by atoms with E-state index in [1.807, 2.05) is 51.1 Å². The van der Waals surface area contributed by atoms with Crippen LogP contribution in [0.5, 0.6) is 0 Å². The molecule has 5 atom stereocenters. The van der Waals surface area contributed by atoms with E-state index in [1.165, 1.54) is 17.7 Å². The van der Waals surface area contributed by atoms with Gasteiger partial charge in [-0.3, -0.25) is 18.6 Å². The summed E-state index contributed by atoms with van der Waals surface area (Å²) in [6.07, 6.45) is -1.50. The number of nitrogens with one attached hydrogen (secondary N) is 1. The van der Waals surface area contributed by atoms with Crippen molar-refractivity contribution in [3.8, 4) is 0 Å². The van der Waals surface area contributed by atoms with Gasteiger partial charge in [0.25, 0.3) is 6.23 Å². The maximum atomic E-state index is 13.6. The molecule has 0 bridgehead atoms. The molecule has 0 saturated carbocycles. The molecule has 208 valence electrons. The van der Waals surface area contributed by atoms with E-state index in [1.54, 1.807) is 18.3 Å². The summed E-state index contributed by atoms with van der Waals surface area (Å²) in [5, 5.41) is 24.0. The van der Waals surface area contributed by atoms with Gasteiger partial charge in [-0.15, -0.1) is 0 Å². The highest BCUT2D eigenvalue weighted by atomic mass is 32.2. The fraction of sp³-hybridized carbons (Fsp3) is 0.500. The van der Waals surface area contributed by atoms with Crippen molar-refractivity contribution in [2.24, 2.45) is 5.41 Å². The second-order valence-corrected chi connectivity index (χ2v) is 12.9. The summed E-state index contributed by atoms with van der Waals surface area (Å²) in [6, 6.07) is 12.5. The first-order chi connectivity index (χ1) is 17.9. The van der Waals surface area contributed by atoms with Gasteiger partial charge >= 0.3 is 7.75 Å². The summed E-state index contributed by atoms with van der Waals surface area (Å²) in [7, 11) is -3.90. The van der Waals surface area contributed by atoms with Crippen LogP contribution in [0.15, 0.2) is 54.9 Å². The van der Waals surface area contributed by atoms with Crippen molar-refractivity contribution in [1.82, 2.24) is 5.09 Å². The Morgan fingerprint density at radius 3 is 2.47 bits per heavy atom. The summed E-state index contributed by atoms with van der Waals surface area (Å²) in [5.41, 5.74) is 0.765. The molecule has 1 aromatic heterocycles.